The topological polar surface area (TPSA) is 12.4 Å². The van der Waals surface area contributed by atoms with Crippen molar-refractivity contribution in [2.75, 3.05) is 0 Å². The zero-order valence-corrected chi connectivity index (χ0v) is 7.80. The van der Waals surface area contributed by atoms with E-state index in [0.717, 1.165) is 24.1 Å². The summed E-state index contributed by atoms with van der Waals surface area (Å²) in [5.74, 6) is 0. The third-order valence-electron chi connectivity index (χ3n) is 1.74. The number of nitrogens with zero attached hydrogens (tertiary/aromatic N) is 1. The third kappa shape index (κ3) is 2.50. The Morgan fingerprint density at radius 1 is 1.42 bits per heavy atom. The van der Waals surface area contributed by atoms with Crippen molar-refractivity contribution >= 4 is 6.21 Å². The lowest BCUT2D eigenvalue weighted by molar-refractivity contribution is 0.939. The lowest BCUT2D eigenvalue weighted by atomic mass is 10.1. The van der Waals surface area contributed by atoms with E-state index in [1.807, 2.05) is 19.2 Å². The van der Waals surface area contributed by atoms with Crippen molar-refractivity contribution in [3.8, 4) is 0 Å². The second-order valence-electron chi connectivity index (χ2n) is 3.09. The highest BCUT2D eigenvalue weighted by Gasteiger charge is 1.97. The predicted octanol–water partition coefficient (Wildman–Crippen LogP) is 3.26. The van der Waals surface area contributed by atoms with Gasteiger partial charge in [0.2, 0.25) is 0 Å². The molecule has 0 aliphatic carbocycles. The van der Waals surface area contributed by atoms with Crippen molar-refractivity contribution in [3.63, 3.8) is 0 Å². The van der Waals surface area contributed by atoms with E-state index in [1.165, 1.54) is 5.57 Å². The second kappa shape index (κ2) is 4.05. The number of rotatable bonds is 2. The molecule has 0 unspecified atom stereocenters. The van der Waals surface area contributed by atoms with E-state index in [-0.39, 0.29) is 0 Å². The molecule has 0 bridgehead atoms. The third-order valence-corrected chi connectivity index (χ3v) is 1.74. The second-order valence-corrected chi connectivity index (χ2v) is 3.09. The Labute approximate surface area is 74.2 Å². The van der Waals surface area contributed by atoms with Gasteiger partial charge in [0.15, 0.2) is 0 Å². The van der Waals surface area contributed by atoms with Crippen molar-refractivity contribution < 1.29 is 0 Å². The van der Waals surface area contributed by atoms with Gasteiger partial charge in [-0.1, -0.05) is 26.0 Å². The van der Waals surface area contributed by atoms with Gasteiger partial charge in [0, 0.05) is 11.9 Å². The molecule has 1 heteroatoms. The molecule has 0 aromatic carbocycles. The molecule has 1 rings (SSSR count). The number of hydrogen-bond acceptors (Lipinski definition) is 1. The Balaban J connectivity index is 2.80. The van der Waals surface area contributed by atoms with Crippen molar-refractivity contribution in [3.05, 3.63) is 35.6 Å². The zero-order chi connectivity index (χ0) is 8.97. The lowest BCUT2D eigenvalue weighted by Gasteiger charge is -1.95. The fourth-order valence-corrected chi connectivity index (χ4v) is 1.23. The first kappa shape index (κ1) is 8.98. The van der Waals surface area contributed by atoms with Crippen molar-refractivity contribution in [1.82, 2.24) is 0 Å². The average molecular weight is 161 g/mol. The van der Waals surface area contributed by atoms with Gasteiger partial charge in [-0.05, 0) is 30.6 Å². The molecule has 0 aromatic rings. The molecule has 0 aromatic heterocycles. The minimum absolute atomic E-state index is 1.03. The predicted molar refractivity (Wildman–Crippen MR) is 54.4 cm³/mol. The molecule has 0 radical (unpaired) electrons. The molecule has 1 aliphatic rings. The van der Waals surface area contributed by atoms with Crippen LogP contribution in [0.1, 0.15) is 26.7 Å². The van der Waals surface area contributed by atoms with Gasteiger partial charge in [-0.25, -0.2) is 0 Å². The Hall–Kier alpha value is -1.11. The molecule has 1 aliphatic heterocycles. The molecule has 64 valence electrons. The highest BCUT2D eigenvalue weighted by atomic mass is 14.7. The summed E-state index contributed by atoms with van der Waals surface area (Å²) < 4.78 is 0. The maximum Gasteiger partial charge on any atom is 0.0378 e. The molecule has 0 amide bonds. The van der Waals surface area contributed by atoms with Crippen LogP contribution >= 0.6 is 0 Å². The monoisotopic (exact) mass is 161 g/mol. The van der Waals surface area contributed by atoms with Crippen molar-refractivity contribution in [1.29, 1.82) is 0 Å². The van der Waals surface area contributed by atoms with E-state index >= 15 is 0 Å². The Morgan fingerprint density at radius 2 is 2.17 bits per heavy atom. The van der Waals surface area contributed by atoms with Crippen LogP contribution in [0, 0.1) is 0 Å². The Morgan fingerprint density at radius 3 is 2.83 bits per heavy atom. The molecule has 0 spiro atoms. The standard InChI is InChI=1S/C11H15N/c1-4-5-11-7-9(2)6-10(3)12-8-11/h6-8H,2,4-5H2,1,3H3. The first-order valence-electron chi connectivity index (χ1n) is 4.34. The van der Waals surface area contributed by atoms with Gasteiger partial charge in [0.1, 0.15) is 0 Å². The van der Waals surface area contributed by atoms with Gasteiger partial charge in [-0.15, -0.1) is 0 Å². The molecular formula is C11H15N. The summed E-state index contributed by atoms with van der Waals surface area (Å²) in [5, 5.41) is 0. The zero-order valence-electron chi connectivity index (χ0n) is 7.80. The minimum Gasteiger partial charge on any atom is -0.261 e. The average Bonchev–Trinajstić information content (AvgIpc) is 2.13. The Kier molecular flexibility index (Phi) is 3.03. The van der Waals surface area contributed by atoms with Crippen LogP contribution in [0.3, 0.4) is 0 Å². The summed E-state index contributed by atoms with van der Waals surface area (Å²) in [6, 6.07) is 0. The fraction of sp³-hybridized carbons (Fsp3) is 0.364. The van der Waals surface area contributed by atoms with Crippen LogP contribution in [0.2, 0.25) is 0 Å². The highest BCUT2D eigenvalue weighted by Crippen LogP contribution is 2.13. The van der Waals surface area contributed by atoms with Gasteiger partial charge < -0.3 is 0 Å². The van der Waals surface area contributed by atoms with Gasteiger partial charge in [0.05, 0.1) is 0 Å². The van der Waals surface area contributed by atoms with E-state index < -0.39 is 0 Å². The van der Waals surface area contributed by atoms with E-state index in [4.69, 9.17) is 0 Å². The van der Waals surface area contributed by atoms with Crippen molar-refractivity contribution in [2.45, 2.75) is 26.7 Å². The molecule has 0 N–H and O–H groups in total. The fourth-order valence-electron chi connectivity index (χ4n) is 1.23. The molecule has 0 saturated carbocycles. The smallest absolute Gasteiger partial charge is 0.0378 e. The SMILES string of the molecule is C=C1C=C(CCC)C=NC(C)=C1. The molecule has 0 fully saturated rings. The van der Waals surface area contributed by atoms with Crippen LogP contribution < -0.4 is 0 Å². The van der Waals surface area contributed by atoms with Gasteiger partial charge in [0.25, 0.3) is 0 Å². The maximum atomic E-state index is 4.28. The molecule has 0 saturated heterocycles. The van der Waals surface area contributed by atoms with Gasteiger partial charge in [-0.2, -0.15) is 0 Å². The summed E-state index contributed by atoms with van der Waals surface area (Å²) in [5.41, 5.74) is 3.35. The number of allylic oxidation sites excluding steroid dienone is 5. The quantitative estimate of drug-likeness (QED) is 0.589. The molecular weight excluding hydrogens is 146 g/mol. The number of hydrogen-bond donors (Lipinski definition) is 0. The summed E-state index contributed by atoms with van der Waals surface area (Å²) in [7, 11) is 0. The highest BCUT2D eigenvalue weighted by molar-refractivity contribution is 5.81. The van der Waals surface area contributed by atoms with Crippen LogP contribution in [-0.2, 0) is 0 Å². The lowest BCUT2D eigenvalue weighted by Crippen LogP contribution is -1.83. The van der Waals surface area contributed by atoms with E-state index in [1.54, 1.807) is 0 Å². The first-order valence-corrected chi connectivity index (χ1v) is 4.34. The van der Waals surface area contributed by atoms with Crippen molar-refractivity contribution in [2.24, 2.45) is 4.99 Å². The summed E-state index contributed by atoms with van der Waals surface area (Å²) in [6.07, 6.45) is 8.28. The Bertz CT molecular complexity index is 267. The number of aliphatic imine (C=N–C) groups is 1. The minimum atomic E-state index is 1.03. The molecule has 1 nitrogen and oxygen atoms in total. The summed E-state index contributed by atoms with van der Waals surface area (Å²) in [4.78, 5) is 4.28. The summed E-state index contributed by atoms with van der Waals surface area (Å²) >= 11 is 0. The first-order chi connectivity index (χ1) is 5.72. The normalized spacial score (nSPS) is 17.0. The van der Waals surface area contributed by atoms with Crippen LogP contribution in [0.4, 0.5) is 0 Å². The van der Waals surface area contributed by atoms with E-state index in [0.29, 0.717) is 0 Å². The van der Waals surface area contributed by atoms with Gasteiger partial charge >= 0.3 is 0 Å². The summed E-state index contributed by atoms with van der Waals surface area (Å²) in [6.45, 7) is 8.08. The van der Waals surface area contributed by atoms with Crippen LogP contribution in [0.25, 0.3) is 0 Å². The largest absolute Gasteiger partial charge is 0.261 e. The maximum absolute atomic E-state index is 4.28. The van der Waals surface area contributed by atoms with Crippen LogP contribution in [-0.4, -0.2) is 6.21 Å². The van der Waals surface area contributed by atoms with E-state index in [2.05, 4.69) is 24.6 Å². The van der Waals surface area contributed by atoms with Crippen LogP contribution in [0.5, 0.6) is 0 Å². The van der Waals surface area contributed by atoms with E-state index in [9.17, 15) is 0 Å². The molecule has 1 heterocycles. The molecule has 0 atom stereocenters. The molecule has 12 heavy (non-hydrogen) atoms. The van der Waals surface area contributed by atoms with Gasteiger partial charge in [-0.3, -0.25) is 4.99 Å². The van der Waals surface area contributed by atoms with Crippen LogP contribution in [0.15, 0.2) is 40.6 Å².